The molecule has 6 nitrogen and oxygen atoms in total. The third kappa shape index (κ3) is 4.32. The smallest absolute Gasteiger partial charge is 0.221 e. The standard InChI is InChI=1S/C13H17N5O.ClH/c1-14-8-7-13(19)15-9-12-17-16-10-18(12)11-5-3-2-4-6-11;/h2-6,10,14H,7-9H2,1H3,(H,15,19);1H. The molecule has 0 aliphatic rings. The molecule has 7 heteroatoms. The Kier molecular flexibility index (Phi) is 6.69. The predicted octanol–water partition coefficient (Wildman–Crippen LogP) is 0.915. The minimum Gasteiger partial charge on any atom is -0.349 e. The zero-order valence-corrected chi connectivity index (χ0v) is 12.1. The largest absolute Gasteiger partial charge is 0.349 e. The second-order valence-corrected chi connectivity index (χ2v) is 4.08. The molecule has 20 heavy (non-hydrogen) atoms. The summed E-state index contributed by atoms with van der Waals surface area (Å²) >= 11 is 0. The molecule has 2 rings (SSSR count). The summed E-state index contributed by atoms with van der Waals surface area (Å²) in [5.74, 6) is 0.709. The van der Waals surface area contributed by atoms with Crippen LogP contribution in [0.25, 0.3) is 5.69 Å². The number of hydrogen-bond donors (Lipinski definition) is 2. The molecule has 2 N–H and O–H groups in total. The quantitative estimate of drug-likeness (QED) is 0.831. The summed E-state index contributed by atoms with van der Waals surface area (Å²) < 4.78 is 1.86. The van der Waals surface area contributed by atoms with Gasteiger partial charge in [0.15, 0.2) is 5.82 Å². The van der Waals surface area contributed by atoms with E-state index in [1.54, 1.807) is 6.33 Å². The number of rotatable bonds is 6. The lowest BCUT2D eigenvalue weighted by molar-refractivity contribution is -0.121. The highest BCUT2D eigenvalue weighted by molar-refractivity contribution is 5.85. The minimum absolute atomic E-state index is 0. The Balaban J connectivity index is 0.00000200. The maximum atomic E-state index is 11.5. The van der Waals surface area contributed by atoms with Crippen LogP contribution in [0.3, 0.4) is 0 Å². The average molecular weight is 296 g/mol. The predicted molar refractivity (Wildman–Crippen MR) is 79.0 cm³/mol. The van der Waals surface area contributed by atoms with Crippen LogP contribution in [-0.4, -0.2) is 34.3 Å². The van der Waals surface area contributed by atoms with E-state index in [0.717, 1.165) is 5.69 Å². The fraction of sp³-hybridized carbons (Fsp3) is 0.308. The number of halogens is 1. The highest BCUT2D eigenvalue weighted by atomic mass is 35.5. The van der Waals surface area contributed by atoms with Crippen molar-refractivity contribution in [3.8, 4) is 5.69 Å². The summed E-state index contributed by atoms with van der Waals surface area (Å²) in [4.78, 5) is 11.5. The van der Waals surface area contributed by atoms with E-state index in [0.29, 0.717) is 25.3 Å². The zero-order valence-electron chi connectivity index (χ0n) is 11.2. The van der Waals surface area contributed by atoms with Crippen LogP contribution in [0.15, 0.2) is 36.7 Å². The van der Waals surface area contributed by atoms with Gasteiger partial charge in [-0.3, -0.25) is 9.36 Å². The fourth-order valence-electron chi connectivity index (χ4n) is 1.69. The maximum Gasteiger partial charge on any atom is 0.221 e. The van der Waals surface area contributed by atoms with E-state index >= 15 is 0 Å². The first-order chi connectivity index (χ1) is 9.31. The Labute approximate surface area is 124 Å². The molecule has 0 spiro atoms. The highest BCUT2D eigenvalue weighted by Crippen LogP contribution is 2.08. The van der Waals surface area contributed by atoms with Gasteiger partial charge in [0.2, 0.25) is 5.91 Å². The van der Waals surface area contributed by atoms with E-state index in [4.69, 9.17) is 0 Å². The van der Waals surface area contributed by atoms with Crippen molar-refractivity contribution in [1.82, 2.24) is 25.4 Å². The maximum absolute atomic E-state index is 11.5. The molecule has 1 amide bonds. The van der Waals surface area contributed by atoms with Crippen LogP contribution in [0.5, 0.6) is 0 Å². The van der Waals surface area contributed by atoms with Gasteiger partial charge in [-0.2, -0.15) is 0 Å². The normalized spacial score (nSPS) is 9.85. The SMILES string of the molecule is CNCCC(=O)NCc1nncn1-c1ccccc1.Cl. The molecule has 0 aliphatic heterocycles. The van der Waals surface area contributed by atoms with Gasteiger partial charge < -0.3 is 10.6 Å². The second-order valence-electron chi connectivity index (χ2n) is 4.08. The van der Waals surface area contributed by atoms with E-state index < -0.39 is 0 Å². The molecule has 0 radical (unpaired) electrons. The molecule has 2 aromatic rings. The van der Waals surface area contributed by atoms with Crippen LogP contribution >= 0.6 is 12.4 Å². The molecule has 0 fully saturated rings. The van der Waals surface area contributed by atoms with Gasteiger partial charge in [-0.1, -0.05) is 18.2 Å². The van der Waals surface area contributed by atoms with Crippen molar-refractivity contribution in [2.75, 3.05) is 13.6 Å². The van der Waals surface area contributed by atoms with Crippen LogP contribution in [0.4, 0.5) is 0 Å². The Morgan fingerprint density at radius 3 is 2.75 bits per heavy atom. The lowest BCUT2D eigenvalue weighted by Gasteiger charge is -2.07. The number of para-hydroxylation sites is 1. The molecule has 1 aromatic heterocycles. The number of carbonyl (C=O) groups is 1. The first-order valence-electron chi connectivity index (χ1n) is 6.17. The molecule has 1 heterocycles. The lowest BCUT2D eigenvalue weighted by atomic mass is 10.3. The summed E-state index contributed by atoms with van der Waals surface area (Å²) in [7, 11) is 1.82. The summed E-state index contributed by atoms with van der Waals surface area (Å²) in [5.41, 5.74) is 0.979. The number of nitrogens with zero attached hydrogens (tertiary/aromatic N) is 3. The van der Waals surface area contributed by atoms with Crippen molar-refractivity contribution in [2.24, 2.45) is 0 Å². The monoisotopic (exact) mass is 295 g/mol. The Morgan fingerprint density at radius 1 is 1.30 bits per heavy atom. The third-order valence-corrected chi connectivity index (χ3v) is 2.70. The number of amides is 1. The number of hydrogen-bond acceptors (Lipinski definition) is 4. The van der Waals surface area contributed by atoms with Gasteiger partial charge in [-0.25, -0.2) is 0 Å². The van der Waals surface area contributed by atoms with Crippen molar-refractivity contribution in [3.63, 3.8) is 0 Å². The lowest BCUT2D eigenvalue weighted by Crippen LogP contribution is -2.27. The molecular formula is C13H18ClN5O. The second kappa shape index (κ2) is 8.29. The number of carbonyl (C=O) groups excluding carboxylic acids is 1. The van der Waals surface area contributed by atoms with Crippen LogP contribution < -0.4 is 10.6 Å². The van der Waals surface area contributed by atoms with Crippen molar-refractivity contribution < 1.29 is 4.79 Å². The summed E-state index contributed by atoms with van der Waals surface area (Å²) in [6.07, 6.45) is 2.10. The molecule has 1 aromatic carbocycles. The average Bonchev–Trinajstić information content (AvgIpc) is 2.92. The van der Waals surface area contributed by atoms with Crippen molar-refractivity contribution in [2.45, 2.75) is 13.0 Å². The van der Waals surface area contributed by atoms with E-state index in [-0.39, 0.29) is 18.3 Å². The molecule has 0 saturated carbocycles. The minimum atomic E-state index is -0.00281. The van der Waals surface area contributed by atoms with Crippen molar-refractivity contribution in [3.05, 3.63) is 42.5 Å². The Hall–Kier alpha value is -1.92. The highest BCUT2D eigenvalue weighted by Gasteiger charge is 2.07. The number of aromatic nitrogens is 3. The molecular weight excluding hydrogens is 278 g/mol. The molecule has 0 atom stereocenters. The van der Waals surface area contributed by atoms with Crippen molar-refractivity contribution >= 4 is 18.3 Å². The summed E-state index contributed by atoms with van der Waals surface area (Å²) in [5, 5.41) is 13.7. The molecule has 0 aliphatic carbocycles. The van der Waals surface area contributed by atoms with Gasteiger partial charge in [-0.05, 0) is 19.2 Å². The molecule has 0 saturated heterocycles. The number of benzene rings is 1. The van der Waals surface area contributed by atoms with Crippen LogP contribution in [0.1, 0.15) is 12.2 Å². The van der Waals surface area contributed by atoms with Crippen LogP contribution in [0, 0.1) is 0 Å². The Bertz CT molecular complexity index is 529. The van der Waals surface area contributed by atoms with E-state index in [2.05, 4.69) is 20.8 Å². The van der Waals surface area contributed by atoms with Crippen molar-refractivity contribution in [1.29, 1.82) is 0 Å². The van der Waals surface area contributed by atoms with Crippen LogP contribution in [-0.2, 0) is 11.3 Å². The van der Waals surface area contributed by atoms with Gasteiger partial charge in [0.1, 0.15) is 6.33 Å². The van der Waals surface area contributed by atoms with Crippen LogP contribution in [0.2, 0.25) is 0 Å². The first-order valence-corrected chi connectivity index (χ1v) is 6.17. The summed E-state index contributed by atoms with van der Waals surface area (Å²) in [6, 6.07) is 9.79. The van der Waals surface area contributed by atoms with E-state index in [9.17, 15) is 4.79 Å². The van der Waals surface area contributed by atoms with Gasteiger partial charge in [0, 0.05) is 18.7 Å². The molecule has 0 unspecified atom stereocenters. The van der Waals surface area contributed by atoms with Gasteiger partial charge in [-0.15, -0.1) is 22.6 Å². The fourth-order valence-corrected chi connectivity index (χ4v) is 1.69. The van der Waals surface area contributed by atoms with Gasteiger partial charge in [0.25, 0.3) is 0 Å². The zero-order chi connectivity index (χ0) is 13.5. The number of nitrogens with one attached hydrogen (secondary N) is 2. The van der Waals surface area contributed by atoms with Gasteiger partial charge >= 0.3 is 0 Å². The molecule has 108 valence electrons. The third-order valence-electron chi connectivity index (χ3n) is 2.70. The Morgan fingerprint density at radius 2 is 2.05 bits per heavy atom. The topological polar surface area (TPSA) is 71.8 Å². The first kappa shape index (κ1) is 16.1. The van der Waals surface area contributed by atoms with E-state index in [1.165, 1.54) is 0 Å². The molecule has 0 bridgehead atoms. The van der Waals surface area contributed by atoms with Gasteiger partial charge in [0.05, 0.1) is 6.54 Å². The summed E-state index contributed by atoms with van der Waals surface area (Å²) in [6.45, 7) is 1.04. The van der Waals surface area contributed by atoms with E-state index in [1.807, 2.05) is 41.9 Å².